The summed E-state index contributed by atoms with van der Waals surface area (Å²) >= 11 is 0. The molecule has 58 valence electrons. The summed E-state index contributed by atoms with van der Waals surface area (Å²) in [4.78, 5) is 10.4. The molecule has 0 spiro atoms. The molecule has 1 aliphatic rings. The van der Waals surface area contributed by atoms with Crippen LogP contribution in [0.3, 0.4) is 0 Å². The minimum Gasteiger partial charge on any atom is -0.481 e. The van der Waals surface area contributed by atoms with Crippen LogP contribution in [0, 0.1) is 11.8 Å². The van der Waals surface area contributed by atoms with Crippen molar-refractivity contribution in [3.63, 3.8) is 0 Å². The van der Waals surface area contributed by atoms with Crippen LogP contribution in [0.4, 0.5) is 0 Å². The van der Waals surface area contributed by atoms with Gasteiger partial charge in [-0.05, 0) is 18.8 Å². The van der Waals surface area contributed by atoms with Gasteiger partial charge in [0.25, 0.3) is 0 Å². The second-order valence-electron chi connectivity index (χ2n) is 3.03. The summed E-state index contributed by atoms with van der Waals surface area (Å²) in [6.45, 7) is 1.73. The van der Waals surface area contributed by atoms with Crippen LogP contribution in [0.2, 0.25) is 0 Å². The quantitative estimate of drug-likeness (QED) is 0.589. The van der Waals surface area contributed by atoms with E-state index in [1.807, 2.05) is 0 Å². The van der Waals surface area contributed by atoms with Crippen LogP contribution in [0.1, 0.15) is 19.8 Å². The molecule has 0 aromatic heterocycles. The normalized spacial score (nSPS) is 34.6. The van der Waals surface area contributed by atoms with Gasteiger partial charge in [0.15, 0.2) is 0 Å². The third-order valence-electron chi connectivity index (χ3n) is 2.42. The standard InChI is InChI=1S/C7H13NO2/c1-4(7(9)10)5-2-3-6(5)8/h4-6H,2-3,8H2,1H3,(H,9,10)/t4-,5?,6?/m0/s1. The van der Waals surface area contributed by atoms with E-state index in [0.717, 1.165) is 12.8 Å². The third kappa shape index (κ3) is 1.14. The number of aliphatic carboxylic acids is 1. The predicted molar refractivity (Wildman–Crippen MR) is 37.5 cm³/mol. The molecule has 2 unspecified atom stereocenters. The average Bonchev–Trinajstić information content (AvgIpc) is 1.84. The maximum absolute atomic E-state index is 10.4. The highest BCUT2D eigenvalue weighted by Gasteiger charge is 2.35. The third-order valence-corrected chi connectivity index (χ3v) is 2.42. The van der Waals surface area contributed by atoms with Gasteiger partial charge in [0.05, 0.1) is 5.92 Å². The van der Waals surface area contributed by atoms with Gasteiger partial charge in [0, 0.05) is 6.04 Å². The summed E-state index contributed by atoms with van der Waals surface area (Å²) in [5.74, 6) is -0.763. The van der Waals surface area contributed by atoms with E-state index in [9.17, 15) is 4.79 Å². The van der Waals surface area contributed by atoms with Gasteiger partial charge in [0.1, 0.15) is 0 Å². The van der Waals surface area contributed by atoms with E-state index in [2.05, 4.69) is 0 Å². The van der Waals surface area contributed by atoms with Gasteiger partial charge in [-0.1, -0.05) is 6.92 Å². The molecule has 1 fully saturated rings. The zero-order valence-electron chi connectivity index (χ0n) is 6.08. The summed E-state index contributed by atoms with van der Waals surface area (Å²) < 4.78 is 0. The first kappa shape index (κ1) is 7.54. The average molecular weight is 143 g/mol. The molecule has 0 heterocycles. The van der Waals surface area contributed by atoms with Crippen molar-refractivity contribution >= 4 is 5.97 Å². The fraction of sp³-hybridized carbons (Fsp3) is 0.857. The molecule has 0 amide bonds. The van der Waals surface area contributed by atoms with Gasteiger partial charge in [0.2, 0.25) is 0 Å². The predicted octanol–water partition coefficient (Wildman–Crippen LogP) is 0.444. The number of carbonyl (C=O) groups is 1. The van der Waals surface area contributed by atoms with Crippen molar-refractivity contribution in [3.8, 4) is 0 Å². The fourth-order valence-electron chi connectivity index (χ4n) is 1.36. The molecule has 0 aromatic carbocycles. The topological polar surface area (TPSA) is 63.3 Å². The Labute approximate surface area is 60.2 Å². The molecule has 3 atom stereocenters. The number of rotatable bonds is 2. The van der Waals surface area contributed by atoms with Crippen LogP contribution in [-0.4, -0.2) is 17.1 Å². The first-order valence-electron chi connectivity index (χ1n) is 3.61. The number of hydrogen-bond donors (Lipinski definition) is 2. The molecule has 1 aliphatic carbocycles. The molecular weight excluding hydrogens is 130 g/mol. The van der Waals surface area contributed by atoms with Gasteiger partial charge in [-0.3, -0.25) is 4.79 Å². The van der Waals surface area contributed by atoms with Gasteiger partial charge in [-0.15, -0.1) is 0 Å². The minimum absolute atomic E-state index is 0.131. The summed E-state index contributed by atoms with van der Waals surface area (Å²) in [6.07, 6.45) is 1.97. The number of nitrogens with two attached hydrogens (primary N) is 1. The molecule has 0 bridgehead atoms. The molecule has 1 rings (SSSR count). The Morgan fingerprint density at radius 2 is 2.30 bits per heavy atom. The van der Waals surface area contributed by atoms with Crippen molar-refractivity contribution in [1.29, 1.82) is 0 Å². The number of hydrogen-bond acceptors (Lipinski definition) is 2. The zero-order chi connectivity index (χ0) is 7.72. The van der Waals surface area contributed by atoms with Crippen LogP contribution >= 0.6 is 0 Å². The highest BCUT2D eigenvalue weighted by Crippen LogP contribution is 2.32. The van der Waals surface area contributed by atoms with E-state index in [4.69, 9.17) is 10.8 Å². The second-order valence-corrected chi connectivity index (χ2v) is 3.03. The number of carboxylic acids is 1. The Hall–Kier alpha value is -0.570. The van der Waals surface area contributed by atoms with Gasteiger partial charge < -0.3 is 10.8 Å². The van der Waals surface area contributed by atoms with Crippen LogP contribution < -0.4 is 5.73 Å². The van der Waals surface area contributed by atoms with Crippen molar-refractivity contribution in [2.45, 2.75) is 25.8 Å². The fourth-order valence-corrected chi connectivity index (χ4v) is 1.36. The molecule has 0 aliphatic heterocycles. The Morgan fingerprint density at radius 3 is 2.40 bits per heavy atom. The maximum Gasteiger partial charge on any atom is 0.306 e. The second kappa shape index (κ2) is 2.58. The van der Waals surface area contributed by atoms with Crippen LogP contribution in [0.15, 0.2) is 0 Å². The van der Waals surface area contributed by atoms with Crippen molar-refractivity contribution in [3.05, 3.63) is 0 Å². The SMILES string of the molecule is C[C@H](C(=O)O)C1CCC1N. The van der Waals surface area contributed by atoms with E-state index in [0.29, 0.717) is 0 Å². The van der Waals surface area contributed by atoms with Crippen LogP contribution in [-0.2, 0) is 4.79 Å². The molecule has 0 saturated heterocycles. The molecule has 0 aromatic rings. The zero-order valence-corrected chi connectivity index (χ0v) is 6.08. The van der Waals surface area contributed by atoms with Gasteiger partial charge >= 0.3 is 5.97 Å². The molecular formula is C7H13NO2. The Morgan fingerprint density at radius 1 is 1.70 bits per heavy atom. The summed E-state index contributed by atoms with van der Waals surface area (Å²) in [5, 5.41) is 8.58. The van der Waals surface area contributed by atoms with Gasteiger partial charge in [-0.2, -0.15) is 0 Å². The van der Waals surface area contributed by atoms with Crippen molar-refractivity contribution in [1.82, 2.24) is 0 Å². The van der Waals surface area contributed by atoms with Crippen molar-refractivity contribution < 1.29 is 9.90 Å². The first-order chi connectivity index (χ1) is 4.63. The lowest BCUT2D eigenvalue weighted by Crippen LogP contribution is -2.44. The summed E-state index contributed by atoms with van der Waals surface area (Å²) in [7, 11) is 0. The molecule has 1 saturated carbocycles. The van der Waals surface area contributed by atoms with E-state index in [-0.39, 0.29) is 17.9 Å². The lowest BCUT2D eigenvalue weighted by Gasteiger charge is -2.36. The lowest BCUT2D eigenvalue weighted by atomic mass is 9.73. The largest absolute Gasteiger partial charge is 0.481 e. The van der Waals surface area contributed by atoms with Crippen molar-refractivity contribution in [2.24, 2.45) is 17.6 Å². The highest BCUT2D eigenvalue weighted by molar-refractivity contribution is 5.70. The summed E-state index contributed by atoms with van der Waals surface area (Å²) in [6, 6.07) is 0.131. The summed E-state index contributed by atoms with van der Waals surface area (Å²) in [5.41, 5.74) is 5.60. The molecule has 0 radical (unpaired) electrons. The van der Waals surface area contributed by atoms with Crippen LogP contribution in [0.5, 0.6) is 0 Å². The Balaban J connectivity index is 2.41. The van der Waals surface area contributed by atoms with E-state index in [1.165, 1.54) is 0 Å². The first-order valence-corrected chi connectivity index (χ1v) is 3.61. The molecule has 3 heteroatoms. The smallest absolute Gasteiger partial charge is 0.306 e. The molecule has 10 heavy (non-hydrogen) atoms. The van der Waals surface area contributed by atoms with E-state index >= 15 is 0 Å². The minimum atomic E-state index is -0.722. The lowest BCUT2D eigenvalue weighted by molar-refractivity contribution is -0.144. The van der Waals surface area contributed by atoms with E-state index < -0.39 is 5.97 Å². The monoisotopic (exact) mass is 143 g/mol. The maximum atomic E-state index is 10.4. The van der Waals surface area contributed by atoms with Crippen LogP contribution in [0.25, 0.3) is 0 Å². The van der Waals surface area contributed by atoms with E-state index in [1.54, 1.807) is 6.92 Å². The Bertz CT molecular complexity index is 147. The highest BCUT2D eigenvalue weighted by atomic mass is 16.4. The number of carboxylic acid groups (broad SMARTS) is 1. The Kier molecular flexibility index (Phi) is 1.94. The van der Waals surface area contributed by atoms with Crippen molar-refractivity contribution in [2.75, 3.05) is 0 Å². The van der Waals surface area contributed by atoms with Gasteiger partial charge in [-0.25, -0.2) is 0 Å². The molecule has 3 nitrogen and oxygen atoms in total. The molecule has 3 N–H and O–H groups in total.